The largest absolute Gasteiger partial charge is 0.388 e. The van der Waals surface area contributed by atoms with E-state index in [2.05, 4.69) is 22.2 Å². The number of piperidine rings is 3. The van der Waals surface area contributed by atoms with Gasteiger partial charge in [-0.05, 0) is 58.7 Å². The summed E-state index contributed by atoms with van der Waals surface area (Å²) >= 11 is 0. The molecular weight excluding hydrogens is 278 g/mol. The molecule has 0 aromatic heterocycles. The highest BCUT2D eigenvalue weighted by molar-refractivity contribution is 5.79. The van der Waals surface area contributed by atoms with E-state index in [9.17, 15) is 9.90 Å². The zero-order chi connectivity index (χ0) is 15.6. The normalized spacial score (nSPS) is 33.2. The Hall–Kier alpha value is -0.650. The third-order valence-corrected chi connectivity index (χ3v) is 5.94. The predicted octanol–water partition coefficient (Wildman–Crippen LogP) is 0.824. The maximum absolute atomic E-state index is 12.6. The summed E-state index contributed by atoms with van der Waals surface area (Å²) in [5.74, 6) is 0.299. The minimum atomic E-state index is -0.705. The van der Waals surface area contributed by atoms with Gasteiger partial charge in [0.05, 0.1) is 11.5 Å². The lowest BCUT2D eigenvalue weighted by molar-refractivity contribution is -0.131. The SMILES string of the molecule is CN1CCC(O)(CNC(=O)[C@@H]2CCCN3CCCC[C@H]23)CC1. The van der Waals surface area contributed by atoms with E-state index in [0.29, 0.717) is 12.6 Å². The molecule has 3 heterocycles. The highest BCUT2D eigenvalue weighted by Crippen LogP contribution is 2.31. The zero-order valence-electron chi connectivity index (χ0n) is 13.9. The second-order valence-electron chi connectivity index (χ2n) is 7.59. The van der Waals surface area contributed by atoms with E-state index in [1.807, 2.05) is 0 Å². The Labute approximate surface area is 134 Å². The van der Waals surface area contributed by atoms with E-state index in [1.165, 1.54) is 12.8 Å². The number of aliphatic hydroxyl groups is 1. The number of rotatable bonds is 3. The van der Waals surface area contributed by atoms with Crippen molar-refractivity contribution in [3.63, 3.8) is 0 Å². The summed E-state index contributed by atoms with van der Waals surface area (Å²) in [7, 11) is 2.08. The highest BCUT2D eigenvalue weighted by Gasteiger charge is 2.38. The molecule has 0 radical (unpaired) electrons. The summed E-state index contributed by atoms with van der Waals surface area (Å²) < 4.78 is 0. The van der Waals surface area contributed by atoms with Crippen molar-refractivity contribution >= 4 is 5.91 Å². The van der Waals surface area contributed by atoms with Crippen molar-refractivity contribution in [2.75, 3.05) is 39.8 Å². The number of likely N-dealkylation sites (tertiary alicyclic amines) is 1. The molecule has 22 heavy (non-hydrogen) atoms. The van der Waals surface area contributed by atoms with Gasteiger partial charge in [0, 0.05) is 25.7 Å². The van der Waals surface area contributed by atoms with E-state index in [-0.39, 0.29) is 11.8 Å². The van der Waals surface area contributed by atoms with Crippen LogP contribution >= 0.6 is 0 Å². The molecule has 1 amide bonds. The molecule has 0 aromatic rings. The van der Waals surface area contributed by atoms with Crippen molar-refractivity contribution in [1.82, 2.24) is 15.1 Å². The Balaban J connectivity index is 1.52. The molecule has 5 nitrogen and oxygen atoms in total. The number of nitrogens with zero attached hydrogens (tertiary/aromatic N) is 2. The van der Waals surface area contributed by atoms with Crippen LogP contribution in [0.15, 0.2) is 0 Å². The topological polar surface area (TPSA) is 55.8 Å². The van der Waals surface area contributed by atoms with Gasteiger partial charge in [-0.1, -0.05) is 6.42 Å². The van der Waals surface area contributed by atoms with Gasteiger partial charge < -0.3 is 15.3 Å². The van der Waals surface area contributed by atoms with Gasteiger partial charge in [0.25, 0.3) is 0 Å². The number of hydrogen-bond acceptors (Lipinski definition) is 4. The highest BCUT2D eigenvalue weighted by atomic mass is 16.3. The maximum Gasteiger partial charge on any atom is 0.224 e. The van der Waals surface area contributed by atoms with Crippen LogP contribution in [0.25, 0.3) is 0 Å². The Bertz CT molecular complexity index is 391. The molecule has 0 saturated carbocycles. The molecule has 0 aromatic carbocycles. The van der Waals surface area contributed by atoms with Crippen molar-refractivity contribution in [3.8, 4) is 0 Å². The lowest BCUT2D eigenvalue weighted by atomic mass is 9.82. The third kappa shape index (κ3) is 3.63. The first kappa shape index (κ1) is 16.2. The molecule has 3 saturated heterocycles. The number of nitrogens with one attached hydrogen (secondary N) is 1. The lowest BCUT2D eigenvalue weighted by Gasteiger charge is -2.44. The first-order chi connectivity index (χ1) is 10.6. The van der Waals surface area contributed by atoms with Gasteiger partial charge in [0.2, 0.25) is 5.91 Å². The van der Waals surface area contributed by atoms with Crippen LogP contribution in [0.2, 0.25) is 0 Å². The van der Waals surface area contributed by atoms with E-state index in [0.717, 1.165) is 58.3 Å². The molecule has 3 fully saturated rings. The van der Waals surface area contributed by atoms with Gasteiger partial charge in [-0.3, -0.25) is 9.69 Å². The second kappa shape index (κ2) is 6.85. The predicted molar refractivity (Wildman–Crippen MR) is 86.6 cm³/mol. The molecule has 0 spiro atoms. The fourth-order valence-electron chi connectivity index (χ4n) is 4.36. The van der Waals surface area contributed by atoms with Crippen LogP contribution in [0.5, 0.6) is 0 Å². The van der Waals surface area contributed by atoms with Crippen molar-refractivity contribution < 1.29 is 9.90 Å². The van der Waals surface area contributed by atoms with Crippen LogP contribution in [0.1, 0.15) is 44.9 Å². The summed E-state index contributed by atoms with van der Waals surface area (Å²) in [6.45, 7) is 4.55. The van der Waals surface area contributed by atoms with Crippen molar-refractivity contribution in [3.05, 3.63) is 0 Å². The smallest absolute Gasteiger partial charge is 0.224 e. The average molecular weight is 309 g/mol. The molecular formula is C17H31N3O2. The lowest BCUT2D eigenvalue weighted by Crippen LogP contribution is -2.55. The summed E-state index contributed by atoms with van der Waals surface area (Å²) in [6.07, 6.45) is 7.33. The van der Waals surface area contributed by atoms with Crippen LogP contribution in [-0.2, 0) is 4.79 Å². The van der Waals surface area contributed by atoms with Crippen molar-refractivity contribution in [1.29, 1.82) is 0 Å². The van der Waals surface area contributed by atoms with Gasteiger partial charge >= 0.3 is 0 Å². The van der Waals surface area contributed by atoms with E-state index in [1.54, 1.807) is 0 Å². The van der Waals surface area contributed by atoms with E-state index >= 15 is 0 Å². The number of fused-ring (bicyclic) bond motifs is 1. The van der Waals surface area contributed by atoms with Gasteiger partial charge in [-0.15, -0.1) is 0 Å². The van der Waals surface area contributed by atoms with Gasteiger partial charge in [-0.2, -0.15) is 0 Å². The first-order valence-electron chi connectivity index (χ1n) is 9.00. The van der Waals surface area contributed by atoms with Crippen LogP contribution in [0, 0.1) is 5.92 Å². The zero-order valence-corrected chi connectivity index (χ0v) is 13.9. The number of amides is 1. The van der Waals surface area contributed by atoms with Crippen LogP contribution in [-0.4, -0.2) is 72.2 Å². The number of hydrogen-bond donors (Lipinski definition) is 2. The Morgan fingerprint density at radius 3 is 2.64 bits per heavy atom. The molecule has 0 aliphatic carbocycles. The summed E-state index contributed by atoms with van der Waals surface area (Å²) in [5.41, 5.74) is -0.705. The molecule has 0 unspecified atom stereocenters. The van der Waals surface area contributed by atoms with Gasteiger partial charge in [0.15, 0.2) is 0 Å². The fraction of sp³-hybridized carbons (Fsp3) is 0.941. The Morgan fingerprint density at radius 1 is 1.14 bits per heavy atom. The van der Waals surface area contributed by atoms with Crippen LogP contribution in [0.4, 0.5) is 0 Å². The van der Waals surface area contributed by atoms with Crippen LogP contribution < -0.4 is 5.32 Å². The van der Waals surface area contributed by atoms with Crippen LogP contribution in [0.3, 0.4) is 0 Å². The summed E-state index contributed by atoms with van der Waals surface area (Å²) in [6, 6.07) is 0.439. The maximum atomic E-state index is 12.6. The molecule has 0 bridgehead atoms. The van der Waals surface area contributed by atoms with Gasteiger partial charge in [0.1, 0.15) is 0 Å². The van der Waals surface area contributed by atoms with E-state index < -0.39 is 5.60 Å². The Kier molecular flexibility index (Phi) is 5.05. The fourth-order valence-corrected chi connectivity index (χ4v) is 4.36. The molecule has 2 atom stereocenters. The van der Waals surface area contributed by atoms with E-state index in [4.69, 9.17) is 0 Å². The first-order valence-corrected chi connectivity index (χ1v) is 9.00. The summed E-state index contributed by atoms with van der Waals surface area (Å²) in [5, 5.41) is 13.7. The number of carbonyl (C=O) groups excluding carboxylic acids is 1. The minimum Gasteiger partial charge on any atom is -0.388 e. The Morgan fingerprint density at radius 2 is 1.86 bits per heavy atom. The number of carbonyl (C=O) groups is 1. The third-order valence-electron chi connectivity index (χ3n) is 5.94. The standard InChI is InChI=1S/C17H31N3O2/c1-19-11-7-17(22,8-12-19)13-18-16(21)14-5-4-10-20-9-3-2-6-15(14)20/h14-15,22H,2-13H2,1H3,(H,18,21)/t14-,15-/m1/s1. The quantitative estimate of drug-likeness (QED) is 0.810. The second-order valence-corrected chi connectivity index (χ2v) is 7.59. The molecule has 126 valence electrons. The average Bonchev–Trinajstić information content (AvgIpc) is 2.55. The monoisotopic (exact) mass is 309 g/mol. The molecule has 3 aliphatic rings. The molecule has 5 heteroatoms. The molecule has 3 aliphatic heterocycles. The summed E-state index contributed by atoms with van der Waals surface area (Å²) in [4.78, 5) is 17.4. The van der Waals surface area contributed by atoms with Gasteiger partial charge in [-0.25, -0.2) is 0 Å². The minimum absolute atomic E-state index is 0.129. The van der Waals surface area contributed by atoms with Crippen molar-refractivity contribution in [2.24, 2.45) is 5.92 Å². The molecule has 2 N–H and O–H groups in total. The van der Waals surface area contributed by atoms with Crippen molar-refractivity contribution in [2.45, 2.75) is 56.6 Å². The molecule has 3 rings (SSSR count).